The third-order valence-corrected chi connectivity index (χ3v) is 3.66. The summed E-state index contributed by atoms with van der Waals surface area (Å²) in [6.07, 6.45) is 7.13. The highest BCUT2D eigenvalue weighted by molar-refractivity contribution is 7.98. The summed E-state index contributed by atoms with van der Waals surface area (Å²) in [6.45, 7) is 4.11. The molecule has 0 aromatic carbocycles. The molecule has 1 N–H and O–H groups in total. The summed E-state index contributed by atoms with van der Waals surface area (Å²) in [7, 11) is 0. The molecule has 3 heteroatoms. The van der Waals surface area contributed by atoms with E-state index in [0.717, 1.165) is 12.3 Å². The van der Waals surface area contributed by atoms with Crippen LogP contribution >= 0.6 is 11.8 Å². The van der Waals surface area contributed by atoms with Crippen LogP contribution in [-0.4, -0.2) is 48.3 Å². The molecular formula is C11H23NOS. The molecule has 0 saturated carbocycles. The van der Waals surface area contributed by atoms with Crippen LogP contribution in [0.15, 0.2) is 0 Å². The molecule has 1 unspecified atom stereocenters. The molecule has 1 aliphatic heterocycles. The molecule has 84 valence electrons. The van der Waals surface area contributed by atoms with Crippen LogP contribution in [-0.2, 0) is 0 Å². The summed E-state index contributed by atoms with van der Waals surface area (Å²) in [5, 5.41) is 8.90. The van der Waals surface area contributed by atoms with E-state index in [2.05, 4.69) is 11.2 Å². The molecule has 1 saturated heterocycles. The van der Waals surface area contributed by atoms with Crippen molar-refractivity contribution in [3.63, 3.8) is 0 Å². The van der Waals surface area contributed by atoms with Crippen molar-refractivity contribution >= 4 is 11.8 Å². The number of rotatable bonds is 6. The van der Waals surface area contributed by atoms with Crippen LogP contribution in [0.4, 0.5) is 0 Å². The van der Waals surface area contributed by atoms with Gasteiger partial charge in [-0.25, -0.2) is 0 Å². The van der Waals surface area contributed by atoms with E-state index in [0.29, 0.717) is 6.61 Å². The first-order valence-corrected chi connectivity index (χ1v) is 7.08. The first kappa shape index (κ1) is 12.3. The number of hydrogen-bond donors (Lipinski definition) is 1. The monoisotopic (exact) mass is 217 g/mol. The third kappa shape index (κ3) is 4.67. The standard InChI is InChI=1S/C11H23NOS/c1-14-9-3-7-12-6-2-4-11(10-12)5-8-13/h11,13H,2-10H2,1H3. The lowest BCUT2D eigenvalue weighted by Gasteiger charge is -2.32. The summed E-state index contributed by atoms with van der Waals surface area (Å²) < 4.78 is 0. The lowest BCUT2D eigenvalue weighted by atomic mass is 9.95. The van der Waals surface area contributed by atoms with Crippen molar-refractivity contribution in [2.24, 2.45) is 5.92 Å². The van der Waals surface area contributed by atoms with Gasteiger partial charge in [-0.2, -0.15) is 11.8 Å². The van der Waals surface area contributed by atoms with Crippen LogP contribution in [0.1, 0.15) is 25.7 Å². The van der Waals surface area contributed by atoms with E-state index in [9.17, 15) is 0 Å². The number of nitrogens with zero attached hydrogens (tertiary/aromatic N) is 1. The highest BCUT2D eigenvalue weighted by Gasteiger charge is 2.18. The highest BCUT2D eigenvalue weighted by Crippen LogP contribution is 2.19. The van der Waals surface area contributed by atoms with Gasteiger partial charge >= 0.3 is 0 Å². The highest BCUT2D eigenvalue weighted by atomic mass is 32.2. The van der Waals surface area contributed by atoms with E-state index in [1.54, 1.807) is 0 Å². The molecule has 1 atom stereocenters. The molecule has 0 spiro atoms. The van der Waals surface area contributed by atoms with Gasteiger partial charge in [0.15, 0.2) is 0 Å². The topological polar surface area (TPSA) is 23.5 Å². The van der Waals surface area contributed by atoms with Crippen LogP contribution in [0.25, 0.3) is 0 Å². The van der Waals surface area contributed by atoms with E-state index in [4.69, 9.17) is 5.11 Å². The van der Waals surface area contributed by atoms with Crippen molar-refractivity contribution in [2.75, 3.05) is 38.2 Å². The predicted octanol–water partition coefficient (Wildman–Crippen LogP) is 1.83. The summed E-state index contributed by atoms with van der Waals surface area (Å²) in [5.74, 6) is 2.03. The van der Waals surface area contributed by atoms with Gasteiger partial charge in [-0.05, 0) is 56.7 Å². The Hall–Kier alpha value is 0.270. The summed E-state index contributed by atoms with van der Waals surface area (Å²) in [5.41, 5.74) is 0. The molecule has 1 aliphatic rings. The minimum Gasteiger partial charge on any atom is -0.396 e. The lowest BCUT2D eigenvalue weighted by molar-refractivity contribution is 0.148. The maximum absolute atomic E-state index is 8.90. The van der Waals surface area contributed by atoms with Gasteiger partial charge in [-0.15, -0.1) is 0 Å². The van der Waals surface area contributed by atoms with E-state index in [1.807, 2.05) is 11.8 Å². The largest absolute Gasteiger partial charge is 0.396 e. The van der Waals surface area contributed by atoms with E-state index in [-0.39, 0.29) is 0 Å². The second kappa shape index (κ2) is 7.55. The van der Waals surface area contributed by atoms with Crippen LogP contribution in [0.2, 0.25) is 0 Å². The van der Waals surface area contributed by atoms with Gasteiger partial charge in [-0.1, -0.05) is 0 Å². The third-order valence-electron chi connectivity index (χ3n) is 2.96. The van der Waals surface area contributed by atoms with Gasteiger partial charge in [0, 0.05) is 13.2 Å². The Labute approximate surface area is 92.1 Å². The minimum absolute atomic E-state index is 0.364. The number of hydrogen-bond acceptors (Lipinski definition) is 3. The van der Waals surface area contributed by atoms with Crippen LogP contribution in [0.3, 0.4) is 0 Å². The zero-order valence-corrected chi connectivity index (χ0v) is 10.1. The number of aliphatic hydroxyl groups is 1. The Kier molecular flexibility index (Phi) is 6.65. The summed E-state index contributed by atoms with van der Waals surface area (Å²) in [4.78, 5) is 2.57. The maximum Gasteiger partial charge on any atom is 0.0434 e. The van der Waals surface area contributed by atoms with Crippen molar-refractivity contribution < 1.29 is 5.11 Å². The van der Waals surface area contributed by atoms with E-state index >= 15 is 0 Å². The van der Waals surface area contributed by atoms with Crippen molar-refractivity contribution in [3.05, 3.63) is 0 Å². The fraction of sp³-hybridized carbons (Fsp3) is 1.00. The maximum atomic E-state index is 8.90. The zero-order valence-electron chi connectivity index (χ0n) is 9.24. The average molecular weight is 217 g/mol. The van der Waals surface area contributed by atoms with Crippen molar-refractivity contribution in [3.8, 4) is 0 Å². The SMILES string of the molecule is CSCCCN1CCCC(CCO)C1. The number of likely N-dealkylation sites (tertiary alicyclic amines) is 1. The van der Waals surface area contributed by atoms with Crippen molar-refractivity contribution in [1.29, 1.82) is 0 Å². The van der Waals surface area contributed by atoms with Gasteiger partial charge in [0.2, 0.25) is 0 Å². The average Bonchev–Trinajstić information content (AvgIpc) is 2.19. The molecule has 0 aromatic heterocycles. The first-order valence-electron chi connectivity index (χ1n) is 5.69. The van der Waals surface area contributed by atoms with Crippen molar-refractivity contribution in [1.82, 2.24) is 4.90 Å². The zero-order chi connectivity index (χ0) is 10.2. The molecule has 0 radical (unpaired) electrons. The molecule has 1 heterocycles. The Morgan fingerprint density at radius 1 is 1.50 bits per heavy atom. The Morgan fingerprint density at radius 3 is 3.07 bits per heavy atom. The van der Waals surface area contributed by atoms with Gasteiger partial charge in [0.25, 0.3) is 0 Å². The number of thioether (sulfide) groups is 1. The molecule has 0 bridgehead atoms. The number of aliphatic hydroxyl groups excluding tert-OH is 1. The first-order chi connectivity index (χ1) is 6.86. The van der Waals surface area contributed by atoms with E-state index in [1.165, 1.54) is 44.6 Å². The van der Waals surface area contributed by atoms with Gasteiger partial charge in [-0.3, -0.25) is 0 Å². The van der Waals surface area contributed by atoms with Gasteiger partial charge in [0.1, 0.15) is 0 Å². The van der Waals surface area contributed by atoms with Crippen LogP contribution < -0.4 is 0 Å². The molecule has 0 aliphatic carbocycles. The number of piperidine rings is 1. The molecule has 1 fully saturated rings. The molecule has 0 amide bonds. The van der Waals surface area contributed by atoms with Crippen LogP contribution in [0, 0.1) is 5.92 Å². The fourth-order valence-electron chi connectivity index (χ4n) is 2.21. The normalized spacial score (nSPS) is 24.0. The van der Waals surface area contributed by atoms with Crippen LogP contribution in [0.5, 0.6) is 0 Å². The molecule has 0 aromatic rings. The minimum atomic E-state index is 0.364. The summed E-state index contributed by atoms with van der Waals surface area (Å²) >= 11 is 1.93. The molecule has 14 heavy (non-hydrogen) atoms. The van der Waals surface area contributed by atoms with E-state index < -0.39 is 0 Å². The molecule has 1 rings (SSSR count). The van der Waals surface area contributed by atoms with Crippen molar-refractivity contribution in [2.45, 2.75) is 25.7 Å². The quantitative estimate of drug-likeness (QED) is 0.687. The lowest BCUT2D eigenvalue weighted by Crippen LogP contribution is -2.36. The Morgan fingerprint density at radius 2 is 2.36 bits per heavy atom. The van der Waals surface area contributed by atoms with Gasteiger partial charge in [0.05, 0.1) is 0 Å². The fourth-order valence-corrected chi connectivity index (χ4v) is 2.62. The van der Waals surface area contributed by atoms with Gasteiger partial charge < -0.3 is 10.0 Å². The summed E-state index contributed by atoms with van der Waals surface area (Å²) in [6, 6.07) is 0. The molecular weight excluding hydrogens is 194 g/mol. The Bertz CT molecular complexity index is 141. The second-order valence-electron chi connectivity index (χ2n) is 4.17. The Balaban J connectivity index is 2.12. The second-order valence-corrected chi connectivity index (χ2v) is 5.15. The smallest absolute Gasteiger partial charge is 0.0434 e. The molecule has 2 nitrogen and oxygen atoms in total. The predicted molar refractivity (Wildman–Crippen MR) is 63.9 cm³/mol.